The van der Waals surface area contributed by atoms with Crippen molar-refractivity contribution in [1.82, 2.24) is 14.3 Å². The number of likely N-dealkylation sites (tertiary alicyclic amines) is 1. The number of hydrogen-bond donors (Lipinski definition) is 0. The van der Waals surface area contributed by atoms with Crippen molar-refractivity contribution in [3.8, 4) is 0 Å². The van der Waals surface area contributed by atoms with Gasteiger partial charge in [-0.15, -0.1) is 0 Å². The average molecular weight is 243 g/mol. The van der Waals surface area contributed by atoms with Gasteiger partial charge in [-0.05, 0) is 50.5 Å². The number of nitrogens with zero attached hydrogens (tertiary/aromatic N) is 3. The van der Waals surface area contributed by atoms with E-state index in [4.69, 9.17) is 0 Å². The van der Waals surface area contributed by atoms with Gasteiger partial charge < -0.3 is 4.90 Å². The Balaban J connectivity index is 1.98. The van der Waals surface area contributed by atoms with E-state index in [1.807, 2.05) is 12.3 Å². The van der Waals surface area contributed by atoms with Crippen molar-refractivity contribution in [2.75, 3.05) is 20.1 Å². The molecule has 1 aliphatic heterocycles. The molecule has 3 rings (SSSR count). The minimum Gasteiger partial charge on any atom is -0.306 e. The van der Waals surface area contributed by atoms with Crippen molar-refractivity contribution < 1.29 is 0 Å². The Hall–Kier alpha value is -1.68. The second-order valence-electron chi connectivity index (χ2n) is 5.05. The smallest absolute Gasteiger partial charge is 0.257 e. The Kier molecular flexibility index (Phi) is 2.88. The number of rotatable bonds is 1. The molecule has 0 amide bonds. The molecule has 0 saturated carbocycles. The summed E-state index contributed by atoms with van der Waals surface area (Å²) in [6.07, 6.45) is 5.85. The van der Waals surface area contributed by atoms with Crippen molar-refractivity contribution in [2.45, 2.75) is 18.8 Å². The fraction of sp³-hybridized carbons (Fsp3) is 0.429. The Morgan fingerprint density at radius 2 is 2.00 bits per heavy atom. The maximum Gasteiger partial charge on any atom is 0.257 e. The lowest BCUT2D eigenvalue weighted by molar-refractivity contribution is 0.255. The third-order valence-corrected chi connectivity index (χ3v) is 3.80. The summed E-state index contributed by atoms with van der Waals surface area (Å²) in [5.74, 6) is 0.567. The highest BCUT2D eigenvalue weighted by atomic mass is 16.1. The molecule has 0 spiro atoms. The van der Waals surface area contributed by atoms with Crippen molar-refractivity contribution in [3.05, 3.63) is 46.5 Å². The number of aromatic nitrogens is 2. The number of pyridine rings is 1. The van der Waals surface area contributed by atoms with E-state index in [1.54, 1.807) is 10.6 Å². The normalized spacial score (nSPS) is 18.3. The van der Waals surface area contributed by atoms with Crippen molar-refractivity contribution in [3.63, 3.8) is 0 Å². The highest BCUT2D eigenvalue weighted by Gasteiger charge is 2.18. The van der Waals surface area contributed by atoms with Gasteiger partial charge in [-0.1, -0.05) is 6.07 Å². The van der Waals surface area contributed by atoms with Gasteiger partial charge in [0.25, 0.3) is 5.56 Å². The molecule has 0 radical (unpaired) electrons. The van der Waals surface area contributed by atoms with Crippen molar-refractivity contribution >= 4 is 5.65 Å². The van der Waals surface area contributed by atoms with Crippen LogP contribution in [0.5, 0.6) is 0 Å². The summed E-state index contributed by atoms with van der Waals surface area (Å²) in [6, 6.07) is 5.55. The maximum atomic E-state index is 11.8. The summed E-state index contributed by atoms with van der Waals surface area (Å²) < 4.78 is 1.65. The molecular weight excluding hydrogens is 226 g/mol. The molecule has 0 N–H and O–H groups in total. The Morgan fingerprint density at radius 1 is 1.22 bits per heavy atom. The molecule has 3 heterocycles. The lowest BCUT2D eigenvalue weighted by atomic mass is 9.91. The van der Waals surface area contributed by atoms with Crippen LogP contribution in [0.2, 0.25) is 0 Å². The zero-order chi connectivity index (χ0) is 12.5. The predicted molar refractivity (Wildman–Crippen MR) is 70.9 cm³/mol. The first kappa shape index (κ1) is 11.4. The second-order valence-corrected chi connectivity index (χ2v) is 5.05. The van der Waals surface area contributed by atoms with E-state index in [2.05, 4.69) is 23.0 Å². The van der Waals surface area contributed by atoms with Crippen molar-refractivity contribution in [2.24, 2.45) is 0 Å². The topological polar surface area (TPSA) is 37.6 Å². The van der Waals surface area contributed by atoms with Gasteiger partial charge in [-0.3, -0.25) is 9.20 Å². The lowest BCUT2D eigenvalue weighted by Gasteiger charge is -2.29. The summed E-state index contributed by atoms with van der Waals surface area (Å²) in [7, 11) is 2.16. The molecule has 2 aromatic rings. The summed E-state index contributed by atoms with van der Waals surface area (Å²) in [5, 5.41) is 0. The zero-order valence-electron chi connectivity index (χ0n) is 10.5. The molecule has 1 fully saturated rings. The molecule has 2 aromatic heterocycles. The fourth-order valence-electron chi connectivity index (χ4n) is 2.63. The lowest BCUT2D eigenvalue weighted by Crippen LogP contribution is -2.29. The van der Waals surface area contributed by atoms with Gasteiger partial charge in [-0.25, -0.2) is 4.98 Å². The molecule has 1 saturated heterocycles. The van der Waals surface area contributed by atoms with Crippen LogP contribution in [-0.2, 0) is 0 Å². The van der Waals surface area contributed by atoms with Gasteiger partial charge in [0.15, 0.2) is 0 Å². The van der Waals surface area contributed by atoms with Crippen LogP contribution in [0.15, 0.2) is 35.4 Å². The first-order valence-corrected chi connectivity index (χ1v) is 6.40. The van der Waals surface area contributed by atoms with Crippen LogP contribution in [0, 0.1) is 0 Å². The number of piperidine rings is 1. The third-order valence-electron chi connectivity index (χ3n) is 3.80. The molecule has 0 atom stereocenters. The number of fused-ring (bicyclic) bond motifs is 1. The van der Waals surface area contributed by atoms with Gasteiger partial charge >= 0.3 is 0 Å². The Bertz CT molecular complexity index is 612. The van der Waals surface area contributed by atoms with E-state index < -0.39 is 0 Å². The first-order chi connectivity index (χ1) is 8.74. The minimum atomic E-state index is -0.00484. The van der Waals surface area contributed by atoms with Crippen molar-refractivity contribution in [1.29, 1.82) is 0 Å². The highest BCUT2D eigenvalue weighted by molar-refractivity contribution is 5.39. The van der Waals surface area contributed by atoms with Crippen LogP contribution in [0.4, 0.5) is 0 Å². The monoisotopic (exact) mass is 243 g/mol. The van der Waals surface area contributed by atoms with Crippen LogP contribution in [-0.4, -0.2) is 34.4 Å². The highest BCUT2D eigenvalue weighted by Crippen LogP contribution is 2.27. The van der Waals surface area contributed by atoms with Crippen LogP contribution >= 0.6 is 0 Å². The molecule has 0 unspecified atom stereocenters. The minimum absolute atomic E-state index is 0.00484. The second kappa shape index (κ2) is 4.53. The van der Waals surface area contributed by atoms with Gasteiger partial charge in [-0.2, -0.15) is 0 Å². The fourth-order valence-corrected chi connectivity index (χ4v) is 2.63. The van der Waals surface area contributed by atoms with Crippen LogP contribution in [0.3, 0.4) is 0 Å². The molecule has 94 valence electrons. The van der Waals surface area contributed by atoms with Crippen LogP contribution in [0.1, 0.15) is 24.3 Å². The van der Waals surface area contributed by atoms with Crippen LogP contribution in [0.25, 0.3) is 5.65 Å². The van der Waals surface area contributed by atoms with E-state index in [0.29, 0.717) is 5.92 Å². The summed E-state index contributed by atoms with van der Waals surface area (Å²) in [5.41, 5.74) is 1.97. The van der Waals surface area contributed by atoms with Gasteiger partial charge in [0.1, 0.15) is 5.65 Å². The van der Waals surface area contributed by atoms with E-state index in [-0.39, 0.29) is 5.56 Å². The summed E-state index contributed by atoms with van der Waals surface area (Å²) in [6.45, 7) is 2.26. The standard InChI is InChI=1S/C14H17N3O/c1-16-8-5-11(6-9-16)12-2-3-13-15-7-4-14(18)17(13)10-12/h2-4,7,10-11H,5-6,8-9H2,1H3. The molecule has 0 bridgehead atoms. The quantitative estimate of drug-likeness (QED) is 0.762. The Labute approximate surface area is 106 Å². The predicted octanol–water partition coefficient (Wildman–Crippen LogP) is 1.50. The maximum absolute atomic E-state index is 11.8. The zero-order valence-corrected chi connectivity index (χ0v) is 10.5. The molecule has 0 aromatic carbocycles. The molecule has 1 aliphatic rings. The van der Waals surface area contributed by atoms with E-state index in [1.165, 1.54) is 11.6 Å². The summed E-state index contributed by atoms with van der Waals surface area (Å²) in [4.78, 5) is 18.3. The van der Waals surface area contributed by atoms with Gasteiger partial charge in [0.05, 0.1) is 0 Å². The third kappa shape index (κ3) is 2.04. The molecular formula is C14H17N3O. The molecule has 0 aliphatic carbocycles. The first-order valence-electron chi connectivity index (χ1n) is 6.40. The summed E-state index contributed by atoms with van der Waals surface area (Å²) >= 11 is 0. The number of hydrogen-bond acceptors (Lipinski definition) is 3. The SMILES string of the molecule is CN1CCC(c2ccc3nccc(=O)n3c2)CC1. The largest absolute Gasteiger partial charge is 0.306 e. The molecule has 4 nitrogen and oxygen atoms in total. The van der Waals surface area contributed by atoms with E-state index >= 15 is 0 Å². The van der Waals surface area contributed by atoms with Gasteiger partial charge in [0.2, 0.25) is 0 Å². The molecule has 18 heavy (non-hydrogen) atoms. The van der Waals surface area contributed by atoms with E-state index in [9.17, 15) is 4.79 Å². The Morgan fingerprint density at radius 3 is 2.78 bits per heavy atom. The van der Waals surface area contributed by atoms with Crippen LogP contribution < -0.4 is 5.56 Å². The van der Waals surface area contributed by atoms with Gasteiger partial charge in [0, 0.05) is 18.5 Å². The molecule has 4 heteroatoms. The van der Waals surface area contributed by atoms with E-state index in [0.717, 1.165) is 31.6 Å². The average Bonchev–Trinajstić information content (AvgIpc) is 2.40.